The second kappa shape index (κ2) is 14.7. The molecule has 0 spiro atoms. The maximum absolute atomic E-state index is 14.5. The van der Waals surface area contributed by atoms with Crippen LogP contribution in [-0.4, -0.2) is 48.2 Å². The molecule has 0 radical (unpaired) electrons. The fourth-order valence-corrected chi connectivity index (χ4v) is 6.72. The molecule has 10 nitrogen and oxygen atoms in total. The van der Waals surface area contributed by atoms with Crippen molar-refractivity contribution in [2.75, 3.05) is 10.8 Å². The summed E-state index contributed by atoms with van der Waals surface area (Å²) in [6, 6.07) is 28.1. The van der Waals surface area contributed by atoms with Crippen molar-refractivity contribution in [2.45, 2.75) is 50.2 Å². The van der Waals surface area contributed by atoms with E-state index in [1.807, 2.05) is 69.3 Å². The van der Waals surface area contributed by atoms with Crippen LogP contribution in [0.25, 0.3) is 0 Å². The summed E-state index contributed by atoms with van der Waals surface area (Å²) in [5, 5.41) is 14.6. The summed E-state index contributed by atoms with van der Waals surface area (Å²) in [5.41, 5.74) is 0.485. The maximum Gasteiger partial charge on any atom is 0.271 e. The van der Waals surface area contributed by atoms with Crippen LogP contribution in [0, 0.1) is 10.1 Å². The van der Waals surface area contributed by atoms with E-state index < -0.39 is 44.9 Å². The minimum atomic E-state index is -4.38. The molecule has 0 aliphatic rings. The molecule has 0 saturated carbocycles. The number of benzene rings is 4. The zero-order chi connectivity index (χ0) is 33.5. The van der Waals surface area contributed by atoms with E-state index in [0.29, 0.717) is 5.56 Å². The highest BCUT2D eigenvalue weighted by molar-refractivity contribution is 9.10. The third-order valence-corrected chi connectivity index (χ3v) is 9.23. The number of hydrogen-bond donors (Lipinski definition) is 1. The van der Waals surface area contributed by atoms with E-state index >= 15 is 0 Å². The Morgan fingerprint density at radius 2 is 1.48 bits per heavy atom. The molecule has 0 bridgehead atoms. The number of nitro benzene ring substituents is 1. The van der Waals surface area contributed by atoms with Gasteiger partial charge in [0.05, 0.1) is 15.5 Å². The topological polar surface area (TPSA) is 130 Å². The number of non-ortho nitro benzene ring substituents is 1. The average molecular weight is 708 g/mol. The lowest BCUT2D eigenvalue weighted by molar-refractivity contribution is -0.384. The number of nitro groups is 1. The van der Waals surface area contributed by atoms with Gasteiger partial charge in [-0.3, -0.25) is 24.0 Å². The number of halogens is 1. The van der Waals surface area contributed by atoms with Gasteiger partial charge in [-0.05, 0) is 62.2 Å². The van der Waals surface area contributed by atoms with Crippen molar-refractivity contribution in [2.24, 2.45) is 0 Å². The Hall–Kier alpha value is -4.55. The van der Waals surface area contributed by atoms with Crippen LogP contribution in [-0.2, 0) is 32.6 Å². The lowest BCUT2D eigenvalue weighted by Gasteiger charge is -2.35. The number of sulfonamides is 1. The van der Waals surface area contributed by atoms with Crippen LogP contribution in [0.5, 0.6) is 0 Å². The largest absolute Gasteiger partial charge is 0.350 e. The average Bonchev–Trinajstić information content (AvgIpc) is 3.01. The predicted octanol–water partition coefficient (Wildman–Crippen LogP) is 6.11. The molecule has 4 rings (SSSR count). The van der Waals surface area contributed by atoms with Crippen molar-refractivity contribution in [3.8, 4) is 0 Å². The van der Waals surface area contributed by atoms with Crippen molar-refractivity contribution < 1.29 is 22.9 Å². The molecule has 4 aromatic rings. The van der Waals surface area contributed by atoms with E-state index in [-0.39, 0.29) is 29.2 Å². The highest BCUT2D eigenvalue weighted by Gasteiger charge is 2.36. The summed E-state index contributed by atoms with van der Waals surface area (Å²) in [4.78, 5) is 40.7. The van der Waals surface area contributed by atoms with Gasteiger partial charge in [0.25, 0.3) is 15.7 Å². The SMILES string of the molecule is CC(C)(C)NC(=O)C(Cc1ccccc1)N(Cc1cccc(Br)c1)C(=O)CN(c1cccc([N+](=O)[O-])c1)S(=O)(=O)c1ccccc1. The Morgan fingerprint density at radius 3 is 2.09 bits per heavy atom. The molecule has 0 aliphatic heterocycles. The van der Waals surface area contributed by atoms with Crippen molar-refractivity contribution in [3.05, 3.63) is 135 Å². The van der Waals surface area contributed by atoms with Gasteiger partial charge < -0.3 is 10.2 Å². The van der Waals surface area contributed by atoms with Gasteiger partial charge >= 0.3 is 0 Å². The lowest BCUT2D eigenvalue weighted by Crippen LogP contribution is -2.56. The van der Waals surface area contributed by atoms with E-state index in [1.54, 1.807) is 24.3 Å². The number of anilines is 1. The zero-order valence-corrected chi connectivity index (χ0v) is 28.1. The van der Waals surface area contributed by atoms with Gasteiger partial charge in [0.2, 0.25) is 11.8 Å². The Morgan fingerprint density at radius 1 is 0.870 bits per heavy atom. The molecule has 2 amide bonds. The normalized spacial score (nSPS) is 12.2. The molecule has 0 heterocycles. The van der Waals surface area contributed by atoms with Crippen molar-refractivity contribution in [3.63, 3.8) is 0 Å². The van der Waals surface area contributed by atoms with Crippen molar-refractivity contribution in [1.82, 2.24) is 10.2 Å². The van der Waals surface area contributed by atoms with Crippen LogP contribution in [0.15, 0.2) is 119 Å². The molecule has 1 atom stereocenters. The molecule has 0 aromatic heterocycles. The number of carbonyl (C=O) groups is 2. The van der Waals surface area contributed by atoms with E-state index in [1.165, 1.54) is 35.2 Å². The van der Waals surface area contributed by atoms with Gasteiger partial charge in [-0.15, -0.1) is 0 Å². The standard InChI is InChI=1S/C34H35BrN4O6S/c1-34(2,3)36-33(41)31(21-25-12-6-4-7-13-25)37(23-26-14-10-15-27(35)20-26)32(40)24-38(28-16-11-17-29(22-28)39(42)43)46(44,45)30-18-8-5-9-19-30/h4-20,22,31H,21,23-24H2,1-3H3,(H,36,41). The third kappa shape index (κ3) is 9.01. The van der Waals surface area contributed by atoms with Gasteiger partial charge in [0.1, 0.15) is 12.6 Å². The van der Waals surface area contributed by atoms with E-state index in [9.17, 15) is 28.1 Å². The molecule has 4 aromatic carbocycles. The molecule has 46 heavy (non-hydrogen) atoms. The summed E-state index contributed by atoms with van der Waals surface area (Å²) >= 11 is 3.46. The number of hydrogen-bond acceptors (Lipinski definition) is 6. The van der Waals surface area contributed by atoms with E-state index in [4.69, 9.17) is 0 Å². The van der Waals surface area contributed by atoms with Gasteiger partial charge in [-0.1, -0.05) is 82.7 Å². The molecule has 1 N–H and O–H groups in total. The molecular weight excluding hydrogens is 672 g/mol. The molecule has 1 unspecified atom stereocenters. The second-order valence-electron chi connectivity index (χ2n) is 11.7. The Balaban J connectivity index is 1.84. The number of amides is 2. The Kier molecular flexibility index (Phi) is 11.0. The minimum Gasteiger partial charge on any atom is -0.350 e. The van der Waals surface area contributed by atoms with Crippen LogP contribution in [0.1, 0.15) is 31.9 Å². The molecule has 240 valence electrons. The molecule has 12 heteroatoms. The predicted molar refractivity (Wildman–Crippen MR) is 181 cm³/mol. The first kappa shape index (κ1) is 34.3. The summed E-state index contributed by atoms with van der Waals surface area (Å²) in [5.74, 6) is -1.08. The fourth-order valence-electron chi connectivity index (χ4n) is 4.85. The van der Waals surface area contributed by atoms with E-state index in [2.05, 4.69) is 21.2 Å². The number of carbonyl (C=O) groups excluding carboxylic acids is 2. The Labute approximate surface area is 277 Å². The minimum absolute atomic E-state index is 0.0124. The molecule has 0 fully saturated rings. The van der Waals surface area contributed by atoms with Gasteiger partial charge in [0.15, 0.2) is 0 Å². The van der Waals surface area contributed by atoms with Gasteiger partial charge in [-0.2, -0.15) is 0 Å². The fraction of sp³-hybridized carbons (Fsp3) is 0.235. The first-order chi connectivity index (χ1) is 21.7. The molecular formula is C34H35BrN4O6S. The summed E-state index contributed by atoms with van der Waals surface area (Å²) < 4.78 is 29.7. The van der Waals surface area contributed by atoms with Gasteiger partial charge in [-0.25, -0.2) is 8.42 Å². The van der Waals surface area contributed by atoms with Gasteiger partial charge in [0, 0.05) is 35.1 Å². The summed E-state index contributed by atoms with van der Waals surface area (Å²) in [6.07, 6.45) is 0.157. The van der Waals surface area contributed by atoms with Crippen LogP contribution in [0.3, 0.4) is 0 Å². The highest BCUT2D eigenvalue weighted by Crippen LogP contribution is 2.28. The lowest BCUT2D eigenvalue weighted by atomic mass is 10.0. The highest BCUT2D eigenvalue weighted by atomic mass is 79.9. The molecule has 0 saturated heterocycles. The molecule has 0 aliphatic carbocycles. The summed E-state index contributed by atoms with van der Waals surface area (Å²) in [7, 11) is -4.38. The second-order valence-corrected chi connectivity index (χ2v) is 14.5. The van der Waals surface area contributed by atoms with E-state index in [0.717, 1.165) is 20.4 Å². The van der Waals surface area contributed by atoms with Crippen molar-refractivity contribution >= 4 is 49.1 Å². The quantitative estimate of drug-likeness (QED) is 0.140. The third-order valence-electron chi connectivity index (χ3n) is 6.95. The maximum atomic E-state index is 14.5. The number of rotatable bonds is 12. The van der Waals surface area contributed by atoms with Crippen LogP contribution in [0.4, 0.5) is 11.4 Å². The summed E-state index contributed by atoms with van der Waals surface area (Å²) in [6.45, 7) is 4.77. The monoisotopic (exact) mass is 706 g/mol. The number of nitrogens with one attached hydrogen (secondary N) is 1. The smallest absolute Gasteiger partial charge is 0.271 e. The zero-order valence-electron chi connectivity index (χ0n) is 25.7. The first-order valence-electron chi connectivity index (χ1n) is 14.5. The number of nitrogens with zero attached hydrogens (tertiary/aromatic N) is 3. The van der Waals surface area contributed by atoms with Crippen LogP contribution in [0.2, 0.25) is 0 Å². The van der Waals surface area contributed by atoms with Crippen molar-refractivity contribution in [1.29, 1.82) is 0 Å². The Bertz CT molecular complexity index is 1800. The first-order valence-corrected chi connectivity index (χ1v) is 16.7. The van der Waals surface area contributed by atoms with Crippen LogP contribution < -0.4 is 9.62 Å². The van der Waals surface area contributed by atoms with Crippen LogP contribution >= 0.6 is 15.9 Å².